The van der Waals surface area contributed by atoms with Crippen LogP contribution in [0.5, 0.6) is 11.5 Å². The summed E-state index contributed by atoms with van der Waals surface area (Å²) in [6, 6.07) is 11.9. The molecular weight excluding hydrogens is 380 g/mol. The van der Waals surface area contributed by atoms with Gasteiger partial charge in [-0.05, 0) is 37.3 Å². The lowest BCUT2D eigenvalue weighted by atomic mass is 10.1. The first kappa shape index (κ1) is 19.4. The molecule has 2 aromatic carbocycles. The first-order valence-corrected chi connectivity index (χ1v) is 9.80. The second-order valence-corrected chi connectivity index (χ2v) is 7.60. The summed E-state index contributed by atoms with van der Waals surface area (Å²) < 4.78 is 35.2. The van der Waals surface area contributed by atoms with E-state index in [-0.39, 0.29) is 4.90 Å². The number of aromatic amines is 1. The highest BCUT2D eigenvalue weighted by Crippen LogP contribution is 2.32. The number of H-pyrrole nitrogens is 1. The zero-order chi connectivity index (χ0) is 20.1. The molecule has 0 atom stereocenters. The summed E-state index contributed by atoms with van der Waals surface area (Å²) in [6.45, 7) is 1.89. The minimum atomic E-state index is -3.74. The molecule has 28 heavy (non-hydrogen) atoms. The smallest absolute Gasteiger partial charge is 0.276 e. The molecule has 146 valence electrons. The van der Waals surface area contributed by atoms with Crippen LogP contribution >= 0.6 is 0 Å². The van der Waals surface area contributed by atoms with Gasteiger partial charge in [0.1, 0.15) is 0 Å². The summed E-state index contributed by atoms with van der Waals surface area (Å²) in [5.74, 6) is 1.17. The van der Waals surface area contributed by atoms with Crippen LogP contribution in [0.25, 0.3) is 11.3 Å². The third-order valence-corrected chi connectivity index (χ3v) is 5.29. The van der Waals surface area contributed by atoms with Gasteiger partial charge in [-0.25, -0.2) is 4.83 Å². The maximum absolute atomic E-state index is 12.3. The highest BCUT2D eigenvalue weighted by molar-refractivity contribution is 7.89. The normalized spacial score (nSPS) is 11.5. The van der Waals surface area contributed by atoms with Crippen LogP contribution in [0.4, 0.5) is 0 Å². The molecule has 9 heteroatoms. The van der Waals surface area contributed by atoms with E-state index in [2.05, 4.69) is 20.1 Å². The Morgan fingerprint density at radius 1 is 1.07 bits per heavy atom. The van der Waals surface area contributed by atoms with Gasteiger partial charge >= 0.3 is 0 Å². The van der Waals surface area contributed by atoms with Crippen LogP contribution in [0.15, 0.2) is 58.7 Å². The van der Waals surface area contributed by atoms with Crippen LogP contribution in [0.2, 0.25) is 0 Å². The summed E-state index contributed by atoms with van der Waals surface area (Å²) in [5.41, 5.74) is 3.04. The number of benzene rings is 2. The predicted octanol–water partition coefficient (Wildman–Crippen LogP) is 2.71. The van der Waals surface area contributed by atoms with E-state index in [9.17, 15) is 8.42 Å². The number of sulfonamides is 1. The molecule has 0 aliphatic rings. The van der Waals surface area contributed by atoms with Gasteiger partial charge in [0.25, 0.3) is 10.0 Å². The molecule has 0 saturated carbocycles. The number of hydrogen-bond acceptors (Lipinski definition) is 6. The predicted molar refractivity (Wildman–Crippen MR) is 106 cm³/mol. The van der Waals surface area contributed by atoms with E-state index >= 15 is 0 Å². The minimum absolute atomic E-state index is 0.141. The zero-order valence-corrected chi connectivity index (χ0v) is 16.4. The first-order valence-electron chi connectivity index (χ1n) is 8.32. The molecule has 1 aromatic heterocycles. The molecule has 0 amide bonds. The largest absolute Gasteiger partial charge is 0.493 e. The van der Waals surface area contributed by atoms with Gasteiger partial charge in [-0.3, -0.25) is 5.10 Å². The fraction of sp³-hybridized carbons (Fsp3) is 0.158. The third-order valence-electron chi connectivity index (χ3n) is 4.05. The van der Waals surface area contributed by atoms with Crippen molar-refractivity contribution in [2.24, 2.45) is 5.10 Å². The van der Waals surface area contributed by atoms with Crippen molar-refractivity contribution in [1.82, 2.24) is 15.0 Å². The van der Waals surface area contributed by atoms with Gasteiger partial charge in [0.2, 0.25) is 0 Å². The molecule has 3 aromatic rings. The molecule has 0 radical (unpaired) electrons. The summed E-state index contributed by atoms with van der Waals surface area (Å²) in [4.78, 5) is 2.35. The van der Waals surface area contributed by atoms with Gasteiger partial charge in [0.15, 0.2) is 11.5 Å². The van der Waals surface area contributed by atoms with Crippen molar-refractivity contribution in [3.05, 3.63) is 59.8 Å². The second-order valence-electron chi connectivity index (χ2n) is 5.94. The highest BCUT2D eigenvalue weighted by atomic mass is 32.2. The Morgan fingerprint density at radius 2 is 1.79 bits per heavy atom. The van der Waals surface area contributed by atoms with Crippen LogP contribution in [0.1, 0.15) is 11.1 Å². The lowest BCUT2D eigenvalue weighted by Crippen LogP contribution is -2.18. The standard InChI is InChI=1S/C19H20N4O4S/c1-13-4-7-16(8-5-13)28(24,25)23-21-12-15-11-20-22-19(15)14-6-9-17(26-2)18(10-14)27-3/h4-12,23H,1-3H3,(H,20,22)/b21-12-. The van der Waals surface area contributed by atoms with E-state index in [1.807, 2.05) is 13.0 Å². The number of nitrogens with one attached hydrogen (secondary N) is 2. The molecule has 0 aliphatic heterocycles. The summed E-state index contributed by atoms with van der Waals surface area (Å²) in [7, 11) is -0.629. The van der Waals surface area contributed by atoms with Crippen molar-refractivity contribution in [2.45, 2.75) is 11.8 Å². The molecule has 0 fully saturated rings. The number of rotatable bonds is 7. The fourth-order valence-corrected chi connectivity index (χ4v) is 3.34. The lowest BCUT2D eigenvalue weighted by Gasteiger charge is -2.09. The van der Waals surface area contributed by atoms with Gasteiger partial charge < -0.3 is 9.47 Å². The third kappa shape index (κ3) is 4.15. The number of hydrazone groups is 1. The fourth-order valence-electron chi connectivity index (χ4n) is 2.55. The van der Waals surface area contributed by atoms with Gasteiger partial charge in [0.05, 0.1) is 37.2 Å². The van der Waals surface area contributed by atoms with Crippen LogP contribution in [0.3, 0.4) is 0 Å². The molecule has 8 nitrogen and oxygen atoms in total. The maximum Gasteiger partial charge on any atom is 0.276 e. The van der Waals surface area contributed by atoms with Crippen molar-refractivity contribution in [3.8, 4) is 22.8 Å². The Morgan fingerprint density at radius 3 is 2.46 bits per heavy atom. The van der Waals surface area contributed by atoms with E-state index in [0.717, 1.165) is 11.1 Å². The van der Waals surface area contributed by atoms with Crippen LogP contribution in [-0.4, -0.2) is 39.0 Å². The number of aryl methyl sites for hydroxylation is 1. The van der Waals surface area contributed by atoms with Crippen molar-refractivity contribution in [2.75, 3.05) is 14.2 Å². The summed E-state index contributed by atoms with van der Waals surface area (Å²) >= 11 is 0. The van der Waals surface area contributed by atoms with Crippen LogP contribution in [0, 0.1) is 6.92 Å². The number of ether oxygens (including phenoxy) is 2. The topological polar surface area (TPSA) is 106 Å². The Labute approximate surface area is 163 Å². The van der Waals surface area contributed by atoms with Crippen molar-refractivity contribution < 1.29 is 17.9 Å². The lowest BCUT2D eigenvalue weighted by molar-refractivity contribution is 0.355. The quantitative estimate of drug-likeness (QED) is 0.469. The second kappa shape index (κ2) is 8.13. The maximum atomic E-state index is 12.3. The average molecular weight is 400 g/mol. The van der Waals surface area contributed by atoms with Crippen molar-refractivity contribution in [1.29, 1.82) is 0 Å². The Bertz CT molecular complexity index is 1090. The molecule has 2 N–H and O–H groups in total. The van der Waals surface area contributed by atoms with E-state index in [1.54, 1.807) is 44.7 Å². The van der Waals surface area contributed by atoms with Crippen molar-refractivity contribution in [3.63, 3.8) is 0 Å². The number of methoxy groups -OCH3 is 2. The molecule has 1 heterocycles. The molecule has 0 unspecified atom stereocenters. The van der Waals surface area contributed by atoms with E-state index in [1.165, 1.54) is 18.3 Å². The molecule has 0 spiro atoms. The highest BCUT2D eigenvalue weighted by Gasteiger charge is 2.13. The Kier molecular flexibility index (Phi) is 5.65. The van der Waals surface area contributed by atoms with Gasteiger partial charge in [0, 0.05) is 11.1 Å². The van der Waals surface area contributed by atoms with E-state index in [4.69, 9.17) is 9.47 Å². The van der Waals surface area contributed by atoms with Gasteiger partial charge in [-0.2, -0.15) is 18.6 Å². The summed E-state index contributed by atoms with van der Waals surface area (Å²) in [6.07, 6.45) is 2.94. The summed E-state index contributed by atoms with van der Waals surface area (Å²) in [5, 5.41) is 10.8. The van der Waals surface area contributed by atoms with Gasteiger partial charge in [-0.15, -0.1) is 0 Å². The number of nitrogens with zero attached hydrogens (tertiary/aromatic N) is 2. The van der Waals surface area contributed by atoms with Crippen LogP contribution in [-0.2, 0) is 10.0 Å². The average Bonchev–Trinajstić information content (AvgIpc) is 3.16. The molecule has 0 bridgehead atoms. The monoisotopic (exact) mass is 400 g/mol. The molecule has 3 rings (SSSR count). The number of aromatic nitrogens is 2. The Balaban J connectivity index is 1.82. The van der Waals surface area contributed by atoms with Crippen molar-refractivity contribution >= 4 is 16.2 Å². The SMILES string of the molecule is COc1ccc(-c2[nH]ncc2/C=N\NS(=O)(=O)c2ccc(C)cc2)cc1OC. The van der Waals surface area contributed by atoms with Gasteiger partial charge in [-0.1, -0.05) is 17.7 Å². The Hall–Kier alpha value is -3.33. The number of hydrogen-bond donors (Lipinski definition) is 2. The van der Waals surface area contributed by atoms with E-state index in [0.29, 0.717) is 22.8 Å². The molecule has 0 saturated heterocycles. The van der Waals surface area contributed by atoms with E-state index < -0.39 is 10.0 Å². The molecule has 0 aliphatic carbocycles. The first-order chi connectivity index (χ1) is 13.4. The minimum Gasteiger partial charge on any atom is -0.493 e. The molecular formula is C19H20N4O4S. The van der Waals surface area contributed by atoms with Crippen LogP contribution < -0.4 is 14.3 Å². The zero-order valence-electron chi connectivity index (χ0n) is 15.6.